The zero-order valence-electron chi connectivity index (χ0n) is 16.0. The number of aromatic nitrogens is 1. The van der Waals surface area contributed by atoms with E-state index in [1.165, 1.54) is 37.3 Å². The van der Waals surface area contributed by atoms with Crippen molar-refractivity contribution in [3.63, 3.8) is 0 Å². The van der Waals surface area contributed by atoms with E-state index in [9.17, 15) is 18.0 Å². The second kappa shape index (κ2) is 8.27. The number of aryl methyl sites for hydroxylation is 1. The van der Waals surface area contributed by atoms with Crippen molar-refractivity contribution in [1.29, 1.82) is 0 Å². The number of amides is 2. The van der Waals surface area contributed by atoms with Crippen molar-refractivity contribution in [3.05, 3.63) is 48.0 Å². The molecule has 0 fully saturated rings. The van der Waals surface area contributed by atoms with Crippen molar-refractivity contribution in [1.82, 2.24) is 9.71 Å². The fourth-order valence-corrected chi connectivity index (χ4v) is 4.66. The van der Waals surface area contributed by atoms with Gasteiger partial charge in [-0.05, 0) is 44.2 Å². The summed E-state index contributed by atoms with van der Waals surface area (Å²) in [6, 6.07) is 10.6. The predicted molar refractivity (Wildman–Crippen MR) is 114 cm³/mol. The molecule has 2 amide bonds. The second-order valence-electron chi connectivity index (χ2n) is 6.53. The lowest BCUT2D eigenvalue weighted by molar-refractivity contribution is -0.117. The van der Waals surface area contributed by atoms with Gasteiger partial charge >= 0.3 is 0 Å². The van der Waals surface area contributed by atoms with Crippen LogP contribution in [0.5, 0.6) is 0 Å². The molecule has 0 radical (unpaired) electrons. The highest BCUT2D eigenvalue weighted by Gasteiger charge is 2.22. The molecule has 1 heterocycles. The van der Waals surface area contributed by atoms with Crippen LogP contribution in [0.1, 0.15) is 19.4 Å². The molecule has 0 bridgehead atoms. The van der Waals surface area contributed by atoms with E-state index >= 15 is 0 Å². The van der Waals surface area contributed by atoms with Gasteiger partial charge in [-0.1, -0.05) is 29.0 Å². The van der Waals surface area contributed by atoms with E-state index in [1.807, 2.05) is 6.92 Å². The Labute approximate surface area is 172 Å². The number of fused-ring (bicyclic) bond motifs is 1. The minimum absolute atomic E-state index is 0.0910. The lowest BCUT2D eigenvalue weighted by Crippen LogP contribution is -2.41. The molecule has 0 aliphatic heterocycles. The molecule has 3 aromatic rings. The van der Waals surface area contributed by atoms with E-state index in [0.29, 0.717) is 16.3 Å². The van der Waals surface area contributed by atoms with Gasteiger partial charge in [0.05, 0.1) is 21.2 Å². The van der Waals surface area contributed by atoms with E-state index in [2.05, 4.69) is 20.3 Å². The zero-order valence-corrected chi connectivity index (χ0v) is 17.6. The minimum atomic E-state index is -3.82. The van der Waals surface area contributed by atoms with Gasteiger partial charge < -0.3 is 10.6 Å². The Hall–Kier alpha value is -2.82. The van der Waals surface area contributed by atoms with Crippen LogP contribution in [-0.2, 0) is 19.6 Å². The quantitative estimate of drug-likeness (QED) is 0.554. The number of rotatable bonds is 6. The van der Waals surface area contributed by atoms with Gasteiger partial charge in [0.15, 0.2) is 5.13 Å². The van der Waals surface area contributed by atoms with Crippen LogP contribution in [0, 0.1) is 6.92 Å². The highest BCUT2D eigenvalue weighted by Crippen LogP contribution is 2.28. The van der Waals surface area contributed by atoms with E-state index < -0.39 is 22.0 Å². The number of nitrogens with zero attached hydrogens (tertiary/aromatic N) is 1. The number of hydrogen-bond acceptors (Lipinski definition) is 6. The van der Waals surface area contributed by atoms with Gasteiger partial charge in [-0.25, -0.2) is 13.4 Å². The molecule has 152 valence electrons. The standard InChI is InChI=1S/C19H20N4O4S2/c1-11-4-7-15(8-5-11)29(26,27)23-12(2)18(25)22-19-21-16-9-6-14(20-13(3)24)10-17(16)28-19/h4-10,12,23H,1-3H3,(H,20,24)(H,21,22,25). The van der Waals surface area contributed by atoms with Crippen LogP contribution in [-0.4, -0.2) is 31.3 Å². The molecule has 29 heavy (non-hydrogen) atoms. The Morgan fingerprint density at radius 2 is 1.76 bits per heavy atom. The Balaban J connectivity index is 1.70. The van der Waals surface area contributed by atoms with Crippen molar-refractivity contribution in [2.24, 2.45) is 0 Å². The summed E-state index contributed by atoms with van der Waals surface area (Å²) >= 11 is 1.23. The highest BCUT2D eigenvalue weighted by atomic mass is 32.2. The molecule has 3 rings (SSSR count). The molecule has 2 aromatic carbocycles. The fourth-order valence-electron chi connectivity index (χ4n) is 2.54. The maximum atomic E-state index is 12.4. The van der Waals surface area contributed by atoms with Gasteiger partial charge in [0.1, 0.15) is 0 Å². The first-order valence-electron chi connectivity index (χ1n) is 8.72. The van der Waals surface area contributed by atoms with Crippen molar-refractivity contribution < 1.29 is 18.0 Å². The predicted octanol–water partition coefficient (Wildman–Crippen LogP) is 2.87. The van der Waals surface area contributed by atoms with Crippen LogP contribution >= 0.6 is 11.3 Å². The maximum Gasteiger partial charge on any atom is 0.244 e. The Kier molecular flexibility index (Phi) is 5.96. The van der Waals surface area contributed by atoms with Gasteiger partial charge in [-0.2, -0.15) is 4.72 Å². The lowest BCUT2D eigenvalue weighted by atomic mass is 10.2. The summed E-state index contributed by atoms with van der Waals surface area (Å²) in [5, 5.41) is 5.65. The van der Waals surface area contributed by atoms with E-state index in [4.69, 9.17) is 0 Å². The molecule has 1 aromatic heterocycles. The van der Waals surface area contributed by atoms with Crippen molar-refractivity contribution in [2.45, 2.75) is 31.7 Å². The van der Waals surface area contributed by atoms with Gasteiger partial charge in [0.2, 0.25) is 21.8 Å². The van der Waals surface area contributed by atoms with Crippen molar-refractivity contribution in [3.8, 4) is 0 Å². The third kappa shape index (κ3) is 5.17. The molecule has 1 atom stereocenters. The number of hydrogen-bond donors (Lipinski definition) is 3. The Bertz CT molecular complexity index is 1170. The normalized spacial score (nSPS) is 12.5. The summed E-state index contributed by atoms with van der Waals surface area (Å²) in [5.41, 5.74) is 2.23. The molecule has 10 heteroatoms. The van der Waals surface area contributed by atoms with Crippen LogP contribution in [0.4, 0.5) is 10.8 Å². The molecule has 0 aliphatic rings. The summed E-state index contributed by atoms with van der Waals surface area (Å²) in [6.07, 6.45) is 0. The molecule has 0 saturated heterocycles. The van der Waals surface area contributed by atoms with Crippen molar-refractivity contribution >= 4 is 54.2 Å². The number of carbonyl (C=O) groups is 2. The first-order valence-corrected chi connectivity index (χ1v) is 11.0. The van der Waals surface area contributed by atoms with Gasteiger partial charge in [0.25, 0.3) is 0 Å². The zero-order chi connectivity index (χ0) is 21.2. The van der Waals surface area contributed by atoms with Gasteiger partial charge in [-0.15, -0.1) is 0 Å². The van der Waals surface area contributed by atoms with Crippen LogP contribution in [0.3, 0.4) is 0 Å². The maximum absolute atomic E-state index is 12.4. The molecule has 0 aliphatic carbocycles. The summed E-state index contributed by atoms with van der Waals surface area (Å²) in [6.45, 7) is 4.74. The van der Waals surface area contributed by atoms with E-state index in [1.54, 1.807) is 30.3 Å². The van der Waals surface area contributed by atoms with Crippen LogP contribution in [0.15, 0.2) is 47.4 Å². The summed E-state index contributed by atoms with van der Waals surface area (Å²) in [4.78, 5) is 28.0. The van der Waals surface area contributed by atoms with Crippen LogP contribution in [0.25, 0.3) is 10.2 Å². The molecule has 8 nitrogen and oxygen atoms in total. The molecule has 1 unspecified atom stereocenters. The number of benzene rings is 2. The van der Waals surface area contributed by atoms with E-state index in [0.717, 1.165) is 10.3 Å². The Morgan fingerprint density at radius 3 is 2.41 bits per heavy atom. The number of sulfonamides is 1. The first-order chi connectivity index (χ1) is 13.6. The first kappa shape index (κ1) is 20.9. The molecular formula is C19H20N4O4S2. The van der Waals surface area contributed by atoms with Gasteiger partial charge in [0, 0.05) is 12.6 Å². The number of nitrogens with one attached hydrogen (secondary N) is 3. The molecule has 0 spiro atoms. The molecular weight excluding hydrogens is 412 g/mol. The average Bonchev–Trinajstić information content (AvgIpc) is 3.02. The van der Waals surface area contributed by atoms with E-state index in [-0.39, 0.29) is 10.8 Å². The summed E-state index contributed by atoms with van der Waals surface area (Å²) in [7, 11) is -3.82. The fraction of sp³-hybridized carbons (Fsp3) is 0.211. The SMILES string of the molecule is CC(=O)Nc1ccc2nc(NC(=O)C(C)NS(=O)(=O)c3ccc(C)cc3)sc2c1. The molecule has 0 saturated carbocycles. The number of anilines is 2. The van der Waals surface area contributed by atoms with Crippen molar-refractivity contribution in [2.75, 3.05) is 10.6 Å². The summed E-state index contributed by atoms with van der Waals surface area (Å²) < 4.78 is 28.0. The third-order valence-electron chi connectivity index (χ3n) is 4.00. The summed E-state index contributed by atoms with van der Waals surface area (Å²) in [5.74, 6) is -0.709. The van der Waals surface area contributed by atoms with Crippen LogP contribution in [0.2, 0.25) is 0 Å². The topological polar surface area (TPSA) is 117 Å². The van der Waals surface area contributed by atoms with Crippen LogP contribution < -0.4 is 15.4 Å². The minimum Gasteiger partial charge on any atom is -0.326 e. The lowest BCUT2D eigenvalue weighted by Gasteiger charge is -2.13. The van der Waals surface area contributed by atoms with Gasteiger partial charge in [-0.3, -0.25) is 9.59 Å². The molecule has 3 N–H and O–H groups in total. The highest BCUT2D eigenvalue weighted by molar-refractivity contribution is 7.89. The largest absolute Gasteiger partial charge is 0.326 e. The second-order valence-corrected chi connectivity index (χ2v) is 9.27. The number of thiazole rings is 1. The third-order valence-corrected chi connectivity index (χ3v) is 6.49. The Morgan fingerprint density at radius 1 is 1.07 bits per heavy atom. The number of carbonyl (C=O) groups excluding carboxylic acids is 2. The smallest absolute Gasteiger partial charge is 0.244 e. The monoisotopic (exact) mass is 432 g/mol. The average molecular weight is 433 g/mol.